The van der Waals surface area contributed by atoms with Crippen molar-refractivity contribution in [2.24, 2.45) is 5.73 Å². The summed E-state index contributed by atoms with van der Waals surface area (Å²) in [5, 5.41) is 0. The molecule has 1 saturated heterocycles. The summed E-state index contributed by atoms with van der Waals surface area (Å²) in [5.41, 5.74) is 6.04. The van der Waals surface area contributed by atoms with Gasteiger partial charge in [-0.15, -0.1) is 12.4 Å². The van der Waals surface area contributed by atoms with Crippen molar-refractivity contribution < 1.29 is 19.1 Å². The van der Waals surface area contributed by atoms with Gasteiger partial charge >= 0.3 is 0 Å². The lowest BCUT2D eigenvalue weighted by molar-refractivity contribution is -0.140. The van der Waals surface area contributed by atoms with Gasteiger partial charge in [0, 0.05) is 25.3 Å². The van der Waals surface area contributed by atoms with Crippen LogP contribution in [0.3, 0.4) is 0 Å². The van der Waals surface area contributed by atoms with E-state index in [-0.39, 0.29) is 30.2 Å². The van der Waals surface area contributed by atoms with Crippen LogP contribution in [0.1, 0.15) is 43.5 Å². The van der Waals surface area contributed by atoms with E-state index in [0.29, 0.717) is 37.6 Å². The van der Waals surface area contributed by atoms with Crippen LogP contribution in [0.15, 0.2) is 24.3 Å². The van der Waals surface area contributed by atoms with Gasteiger partial charge in [0.1, 0.15) is 5.75 Å². The van der Waals surface area contributed by atoms with Gasteiger partial charge in [-0.1, -0.05) is 12.1 Å². The molecule has 2 rings (SSSR count). The summed E-state index contributed by atoms with van der Waals surface area (Å²) in [7, 11) is 0. The minimum Gasteiger partial charge on any atom is -0.481 e. The average Bonchev–Trinajstić information content (AvgIpc) is 2.62. The van der Waals surface area contributed by atoms with Crippen LogP contribution < -0.4 is 10.5 Å². The van der Waals surface area contributed by atoms with Crippen LogP contribution >= 0.6 is 12.4 Å². The Morgan fingerprint density at radius 2 is 2.00 bits per heavy atom. The summed E-state index contributed by atoms with van der Waals surface area (Å²) in [6.07, 6.45) is 2.16. The Bertz CT molecular complexity index is 589. The number of ether oxygens (including phenoxy) is 2. The molecule has 1 atom stereocenters. The number of hydrogen-bond acceptors (Lipinski definition) is 5. The smallest absolute Gasteiger partial charge is 0.263 e. The van der Waals surface area contributed by atoms with Crippen molar-refractivity contribution in [3.05, 3.63) is 29.8 Å². The molecule has 1 aliphatic heterocycles. The Morgan fingerprint density at radius 1 is 1.31 bits per heavy atom. The average molecular weight is 385 g/mol. The zero-order valence-corrected chi connectivity index (χ0v) is 16.3. The van der Waals surface area contributed by atoms with E-state index in [0.717, 1.165) is 19.3 Å². The number of likely N-dealkylation sites (tertiary alicyclic amines) is 1. The van der Waals surface area contributed by atoms with E-state index in [9.17, 15) is 9.59 Å². The van der Waals surface area contributed by atoms with Gasteiger partial charge in [-0.25, -0.2) is 0 Å². The first kappa shape index (κ1) is 22.4. The van der Waals surface area contributed by atoms with Gasteiger partial charge in [0.2, 0.25) is 0 Å². The predicted molar refractivity (Wildman–Crippen MR) is 103 cm³/mol. The van der Waals surface area contributed by atoms with E-state index < -0.39 is 6.10 Å². The van der Waals surface area contributed by atoms with Crippen molar-refractivity contribution >= 4 is 24.1 Å². The molecule has 26 heavy (non-hydrogen) atoms. The lowest BCUT2D eigenvalue weighted by Gasteiger charge is -2.33. The summed E-state index contributed by atoms with van der Waals surface area (Å²) in [4.78, 5) is 25.8. The van der Waals surface area contributed by atoms with E-state index in [1.165, 1.54) is 6.92 Å². The number of halogens is 1. The molecule has 0 aliphatic carbocycles. The highest BCUT2D eigenvalue weighted by Crippen LogP contribution is 2.19. The Labute approximate surface area is 161 Å². The fourth-order valence-corrected chi connectivity index (χ4v) is 2.88. The van der Waals surface area contributed by atoms with Gasteiger partial charge in [-0.2, -0.15) is 0 Å². The summed E-state index contributed by atoms with van der Waals surface area (Å²) in [5.74, 6) is 0.475. The van der Waals surface area contributed by atoms with Gasteiger partial charge in [-0.3, -0.25) is 9.59 Å². The van der Waals surface area contributed by atoms with Crippen molar-refractivity contribution in [3.63, 3.8) is 0 Å². The molecule has 0 radical (unpaired) electrons. The third-order valence-corrected chi connectivity index (χ3v) is 4.36. The normalized spacial score (nSPS) is 15.9. The van der Waals surface area contributed by atoms with Gasteiger partial charge < -0.3 is 20.1 Å². The summed E-state index contributed by atoms with van der Waals surface area (Å²) >= 11 is 0. The molecule has 0 bridgehead atoms. The van der Waals surface area contributed by atoms with E-state index in [4.69, 9.17) is 15.2 Å². The number of piperidine rings is 1. The van der Waals surface area contributed by atoms with Crippen molar-refractivity contribution in [1.82, 2.24) is 4.90 Å². The van der Waals surface area contributed by atoms with Crippen LogP contribution in [-0.4, -0.2) is 55.0 Å². The molecule has 6 nitrogen and oxygen atoms in total. The van der Waals surface area contributed by atoms with Crippen molar-refractivity contribution in [2.75, 3.05) is 26.2 Å². The number of amides is 1. The lowest BCUT2D eigenvalue weighted by Crippen LogP contribution is -2.46. The van der Waals surface area contributed by atoms with Crippen LogP contribution in [0.2, 0.25) is 0 Å². The number of Topliss-reactive ketones (excluding diaryl/α,β-unsaturated/α-hetero) is 1. The molecule has 0 saturated carbocycles. The third-order valence-electron chi connectivity index (χ3n) is 4.36. The van der Waals surface area contributed by atoms with Crippen molar-refractivity contribution in [1.29, 1.82) is 0 Å². The molecule has 1 heterocycles. The Hall–Kier alpha value is -1.63. The summed E-state index contributed by atoms with van der Waals surface area (Å²) < 4.78 is 11.5. The number of carbonyl (C=O) groups excluding carboxylic acids is 2. The number of carbonyl (C=O) groups is 2. The molecular weight excluding hydrogens is 356 g/mol. The van der Waals surface area contributed by atoms with Crippen LogP contribution in [0.5, 0.6) is 5.75 Å². The molecular formula is C19H29ClN2O4. The molecule has 1 amide bonds. The van der Waals surface area contributed by atoms with Crippen molar-refractivity contribution in [2.45, 2.75) is 45.3 Å². The number of benzene rings is 1. The van der Waals surface area contributed by atoms with E-state index in [1.807, 2.05) is 4.90 Å². The van der Waals surface area contributed by atoms with E-state index in [1.54, 1.807) is 31.2 Å². The molecule has 1 unspecified atom stereocenters. The second kappa shape index (κ2) is 11.2. The topological polar surface area (TPSA) is 81.9 Å². The first-order valence-corrected chi connectivity index (χ1v) is 8.89. The van der Waals surface area contributed by atoms with Gasteiger partial charge in [0.05, 0.1) is 6.10 Å². The quantitative estimate of drug-likeness (QED) is 0.550. The maximum absolute atomic E-state index is 12.6. The molecule has 7 heteroatoms. The molecule has 1 aliphatic rings. The Morgan fingerprint density at radius 3 is 2.62 bits per heavy atom. The molecule has 0 aromatic heterocycles. The van der Waals surface area contributed by atoms with Crippen molar-refractivity contribution in [3.8, 4) is 5.75 Å². The van der Waals surface area contributed by atoms with Gasteiger partial charge in [0.15, 0.2) is 11.9 Å². The zero-order chi connectivity index (χ0) is 18.2. The van der Waals surface area contributed by atoms with E-state index >= 15 is 0 Å². The highest BCUT2D eigenvalue weighted by atomic mass is 35.5. The summed E-state index contributed by atoms with van der Waals surface area (Å²) in [6.45, 7) is 5.92. The number of rotatable bonds is 8. The zero-order valence-electron chi connectivity index (χ0n) is 15.5. The number of nitrogens with zero attached hydrogens (tertiary/aromatic N) is 1. The maximum atomic E-state index is 12.6. The maximum Gasteiger partial charge on any atom is 0.263 e. The monoisotopic (exact) mass is 384 g/mol. The third kappa shape index (κ3) is 6.59. The van der Waals surface area contributed by atoms with E-state index in [2.05, 4.69) is 0 Å². The Kier molecular flexibility index (Phi) is 9.62. The molecule has 1 fully saturated rings. The molecule has 146 valence electrons. The highest BCUT2D eigenvalue weighted by Gasteiger charge is 2.27. The standard InChI is InChI=1S/C19H28N2O4.ClH/c1-14(22)16-5-3-6-18(13-16)25-15(2)19(23)21-10-7-17(8-11-21)24-12-4-9-20;/h3,5-6,13,15,17H,4,7-12,20H2,1-2H3;1H. The van der Waals surface area contributed by atoms with Gasteiger partial charge in [-0.05, 0) is 51.8 Å². The number of hydrogen-bond donors (Lipinski definition) is 1. The van der Waals surface area contributed by atoms with Crippen LogP contribution in [0, 0.1) is 0 Å². The van der Waals surface area contributed by atoms with Crippen LogP contribution in [-0.2, 0) is 9.53 Å². The lowest BCUT2D eigenvalue weighted by atomic mass is 10.1. The highest BCUT2D eigenvalue weighted by molar-refractivity contribution is 5.94. The molecule has 1 aromatic carbocycles. The fraction of sp³-hybridized carbons (Fsp3) is 0.579. The van der Waals surface area contributed by atoms with Crippen LogP contribution in [0.25, 0.3) is 0 Å². The van der Waals surface area contributed by atoms with Crippen LogP contribution in [0.4, 0.5) is 0 Å². The predicted octanol–water partition coefficient (Wildman–Crippen LogP) is 2.43. The van der Waals surface area contributed by atoms with Gasteiger partial charge in [0.25, 0.3) is 5.91 Å². The number of nitrogens with two attached hydrogens (primary N) is 1. The SMILES string of the molecule is CC(=O)c1cccc(OC(C)C(=O)N2CCC(OCCCN)CC2)c1.Cl. The second-order valence-electron chi connectivity index (χ2n) is 6.38. The second-order valence-corrected chi connectivity index (χ2v) is 6.38. The largest absolute Gasteiger partial charge is 0.481 e. The summed E-state index contributed by atoms with van der Waals surface area (Å²) in [6, 6.07) is 6.92. The molecule has 1 aromatic rings. The minimum atomic E-state index is -0.586. The first-order chi connectivity index (χ1) is 12.0. The first-order valence-electron chi connectivity index (χ1n) is 8.89. The number of ketones is 1. The molecule has 0 spiro atoms. The fourth-order valence-electron chi connectivity index (χ4n) is 2.88. The minimum absolute atomic E-state index is 0. The molecule has 2 N–H and O–H groups in total. The Balaban J connectivity index is 0.00000338.